The fourth-order valence-corrected chi connectivity index (χ4v) is 4.11. The summed E-state index contributed by atoms with van der Waals surface area (Å²) in [7, 11) is 0. The second-order valence-corrected chi connectivity index (χ2v) is 7.19. The average molecular weight is 362 g/mol. The van der Waals surface area contributed by atoms with E-state index in [1.807, 2.05) is 72.8 Å². The van der Waals surface area contributed by atoms with Gasteiger partial charge in [-0.25, -0.2) is 0 Å². The fraction of sp³-hybridized carbons (Fsp3) is 0.304. The monoisotopic (exact) mass is 362 g/mol. The third-order valence-corrected chi connectivity index (χ3v) is 5.45. The number of allylic oxidation sites excluding steroid dienone is 2. The molecule has 4 atom stereocenters. The fourth-order valence-electron chi connectivity index (χ4n) is 4.11. The second-order valence-electron chi connectivity index (χ2n) is 7.19. The van der Waals surface area contributed by atoms with Gasteiger partial charge in [-0.15, -0.1) is 0 Å². The highest BCUT2D eigenvalue weighted by Crippen LogP contribution is 2.49. The maximum absolute atomic E-state index is 12.7. The second kappa shape index (κ2) is 7.78. The van der Waals surface area contributed by atoms with Crippen molar-refractivity contribution in [1.82, 2.24) is 0 Å². The third kappa shape index (κ3) is 3.80. The van der Waals surface area contributed by atoms with E-state index in [9.17, 15) is 9.59 Å². The van der Waals surface area contributed by atoms with Crippen LogP contribution in [0.4, 0.5) is 0 Å². The molecule has 0 aromatic heterocycles. The molecule has 4 heteroatoms. The van der Waals surface area contributed by atoms with Crippen LogP contribution in [-0.2, 0) is 32.3 Å². The lowest BCUT2D eigenvalue weighted by Gasteiger charge is -2.25. The van der Waals surface area contributed by atoms with Gasteiger partial charge in [-0.05, 0) is 29.4 Å². The molecular formula is C23H22O4. The van der Waals surface area contributed by atoms with Crippen LogP contribution in [0.3, 0.4) is 0 Å². The lowest BCUT2D eigenvalue weighted by Crippen LogP contribution is -2.35. The van der Waals surface area contributed by atoms with Gasteiger partial charge in [-0.1, -0.05) is 72.8 Å². The molecule has 1 saturated carbocycles. The first-order valence-electron chi connectivity index (χ1n) is 9.32. The summed E-state index contributed by atoms with van der Waals surface area (Å²) in [5.74, 6) is -1.39. The van der Waals surface area contributed by atoms with Crippen LogP contribution in [0, 0.1) is 23.7 Å². The summed E-state index contributed by atoms with van der Waals surface area (Å²) in [6, 6.07) is 19.1. The maximum atomic E-state index is 12.7. The molecule has 138 valence electrons. The van der Waals surface area contributed by atoms with Gasteiger partial charge in [-0.2, -0.15) is 0 Å². The summed E-state index contributed by atoms with van der Waals surface area (Å²) in [6.45, 7) is 0.451. The summed E-state index contributed by atoms with van der Waals surface area (Å²) >= 11 is 0. The number of ether oxygens (including phenoxy) is 2. The van der Waals surface area contributed by atoms with Gasteiger partial charge in [0.15, 0.2) is 0 Å². The minimum absolute atomic E-state index is 0.0625. The molecule has 4 rings (SSSR count). The maximum Gasteiger partial charge on any atom is 0.310 e. The standard InChI is InChI=1S/C23H22O4/c24-22(26-14-16-7-3-1-4-8-16)20-18-11-12-19(13-18)21(20)23(25)27-15-17-9-5-2-6-10-17/h1-12,18-21H,13-15H2/t18-,19?,20+,21-/m0/s1. The average Bonchev–Trinajstić information content (AvgIpc) is 3.33. The number of hydrogen-bond acceptors (Lipinski definition) is 4. The molecule has 2 aliphatic rings. The summed E-state index contributed by atoms with van der Waals surface area (Å²) in [6.07, 6.45) is 4.90. The molecule has 2 aromatic rings. The van der Waals surface area contributed by atoms with Gasteiger partial charge in [0.05, 0.1) is 11.8 Å². The van der Waals surface area contributed by atoms with Crippen molar-refractivity contribution < 1.29 is 19.1 Å². The van der Waals surface area contributed by atoms with E-state index < -0.39 is 11.8 Å². The highest BCUT2D eigenvalue weighted by atomic mass is 16.5. The van der Waals surface area contributed by atoms with Gasteiger partial charge in [-0.3, -0.25) is 9.59 Å². The van der Waals surface area contributed by atoms with Gasteiger partial charge in [0.2, 0.25) is 0 Å². The number of fused-ring (bicyclic) bond motifs is 2. The smallest absolute Gasteiger partial charge is 0.310 e. The number of carbonyl (C=O) groups is 2. The zero-order valence-electron chi connectivity index (χ0n) is 15.0. The Bertz CT molecular complexity index is 758. The first kappa shape index (κ1) is 17.5. The molecule has 27 heavy (non-hydrogen) atoms. The van der Waals surface area contributed by atoms with Gasteiger partial charge >= 0.3 is 11.9 Å². The quantitative estimate of drug-likeness (QED) is 0.577. The van der Waals surface area contributed by atoms with Crippen molar-refractivity contribution in [2.24, 2.45) is 23.7 Å². The van der Waals surface area contributed by atoms with Crippen LogP contribution < -0.4 is 0 Å². The summed E-state index contributed by atoms with van der Waals surface area (Å²) < 4.78 is 11.1. The highest BCUT2D eigenvalue weighted by molar-refractivity contribution is 5.84. The molecule has 2 aliphatic carbocycles. The van der Waals surface area contributed by atoms with E-state index in [0.29, 0.717) is 0 Å². The Morgan fingerprint density at radius 2 is 1.11 bits per heavy atom. The van der Waals surface area contributed by atoms with Crippen LogP contribution in [-0.4, -0.2) is 11.9 Å². The van der Waals surface area contributed by atoms with E-state index in [1.54, 1.807) is 0 Å². The number of benzene rings is 2. The minimum Gasteiger partial charge on any atom is -0.461 e. The van der Waals surface area contributed by atoms with Crippen molar-refractivity contribution in [2.45, 2.75) is 19.6 Å². The zero-order chi connectivity index (χ0) is 18.6. The van der Waals surface area contributed by atoms with Gasteiger partial charge in [0.25, 0.3) is 0 Å². The third-order valence-electron chi connectivity index (χ3n) is 5.45. The van der Waals surface area contributed by atoms with Crippen molar-refractivity contribution in [3.63, 3.8) is 0 Å². The molecule has 4 nitrogen and oxygen atoms in total. The predicted octanol–water partition coefficient (Wildman–Crippen LogP) is 3.91. The number of esters is 2. The van der Waals surface area contributed by atoms with Crippen molar-refractivity contribution in [1.29, 1.82) is 0 Å². The molecule has 2 aromatic carbocycles. The highest BCUT2D eigenvalue weighted by Gasteiger charge is 2.53. The van der Waals surface area contributed by atoms with Crippen LogP contribution in [0.15, 0.2) is 72.8 Å². The van der Waals surface area contributed by atoms with Crippen molar-refractivity contribution >= 4 is 11.9 Å². The lowest BCUT2D eigenvalue weighted by molar-refractivity contribution is -0.162. The Labute approximate surface area is 158 Å². The Hall–Kier alpha value is -2.88. The topological polar surface area (TPSA) is 52.6 Å². The summed E-state index contributed by atoms with van der Waals surface area (Å²) in [4.78, 5) is 25.5. The number of rotatable bonds is 6. The molecule has 1 fully saturated rings. The zero-order valence-corrected chi connectivity index (χ0v) is 15.0. The summed E-state index contributed by atoms with van der Waals surface area (Å²) in [5, 5.41) is 0. The van der Waals surface area contributed by atoms with E-state index in [1.165, 1.54) is 0 Å². The van der Waals surface area contributed by atoms with E-state index in [2.05, 4.69) is 0 Å². The normalized spacial score (nSPS) is 25.3. The molecule has 0 saturated heterocycles. The van der Waals surface area contributed by atoms with Crippen molar-refractivity contribution in [3.05, 3.63) is 83.9 Å². The lowest BCUT2D eigenvalue weighted by atomic mass is 9.83. The largest absolute Gasteiger partial charge is 0.461 e. The first-order valence-corrected chi connectivity index (χ1v) is 9.32. The van der Waals surface area contributed by atoms with E-state index in [-0.39, 0.29) is 37.0 Å². The van der Waals surface area contributed by atoms with Crippen LogP contribution >= 0.6 is 0 Å². The Morgan fingerprint density at radius 1 is 0.704 bits per heavy atom. The van der Waals surface area contributed by atoms with Crippen LogP contribution in [0.2, 0.25) is 0 Å². The molecule has 1 unspecified atom stereocenters. The molecule has 0 aliphatic heterocycles. The Morgan fingerprint density at radius 3 is 1.52 bits per heavy atom. The van der Waals surface area contributed by atoms with E-state index >= 15 is 0 Å². The van der Waals surface area contributed by atoms with Crippen LogP contribution in [0.1, 0.15) is 17.5 Å². The van der Waals surface area contributed by atoms with Crippen LogP contribution in [0.25, 0.3) is 0 Å². The SMILES string of the molecule is O=C(OCc1ccccc1)[C@@H]1[C@H]2C=CC(C2)[C@@H]1C(=O)OCc1ccccc1. The molecule has 2 bridgehead atoms. The molecule has 0 radical (unpaired) electrons. The molecule has 0 heterocycles. The molecule has 0 N–H and O–H groups in total. The van der Waals surface area contributed by atoms with Crippen molar-refractivity contribution in [3.8, 4) is 0 Å². The van der Waals surface area contributed by atoms with Gasteiger partial charge < -0.3 is 9.47 Å². The van der Waals surface area contributed by atoms with E-state index in [4.69, 9.17) is 9.47 Å². The van der Waals surface area contributed by atoms with Gasteiger partial charge in [0, 0.05) is 0 Å². The Kier molecular flexibility index (Phi) is 5.05. The number of carbonyl (C=O) groups excluding carboxylic acids is 2. The van der Waals surface area contributed by atoms with E-state index in [0.717, 1.165) is 17.5 Å². The predicted molar refractivity (Wildman–Crippen MR) is 100 cm³/mol. The minimum atomic E-state index is -0.452. The molecule has 0 spiro atoms. The summed E-state index contributed by atoms with van der Waals surface area (Å²) in [5.41, 5.74) is 1.88. The molecule has 0 amide bonds. The van der Waals surface area contributed by atoms with Crippen molar-refractivity contribution in [2.75, 3.05) is 0 Å². The van der Waals surface area contributed by atoms with Crippen LogP contribution in [0.5, 0.6) is 0 Å². The number of hydrogen-bond donors (Lipinski definition) is 0. The van der Waals surface area contributed by atoms with Gasteiger partial charge in [0.1, 0.15) is 13.2 Å². The first-order chi connectivity index (χ1) is 13.2. The Balaban J connectivity index is 1.40. The molecular weight excluding hydrogens is 340 g/mol.